The molecule has 0 spiro atoms. The van der Waals surface area contributed by atoms with Crippen LogP contribution in [0, 0.1) is 6.92 Å². The zero-order valence-corrected chi connectivity index (χ0v) is 15.7. The zero-order valence-electron chi connectivity index (χ0n) is 15.0. The summed E-state index contributed by atoms with van der Waals surface area (Å²) in [6.07, 6.45) is 1.30. The molecule has 1 saturated heterocycles. The molecule has 3 rings (SSSR count). The van der Waals surface area contributed by atoms with E-state index in [0.717, 1.165) is 11.1 Å². The van der Waals surface area contributed by atoms with E-state index in [1.165, 1.54) is 12.3 Å². The Kier molecular flexibility index (Phi) is 5.81. The van der Waals surface area contributed by atoms with Crippen LogP contribution in [0.4, 0.5) is 10.6 Å². The number of hydrogen-bond acceptors (Lipinski definition) is 4. The van der Waals surface area contributed by atoms with E-state index < -0.39 is 5.97 Å². The molecule has 0 unspecified atom stereocenters. The first-order valence-electron chi connectivity index (χ1n) is 8.67. The Morgan fingerprint density at radius 2 is 1.93 bits per heavy atom. The first-order valence-corrected chi connectivity index (χ1v) is 9.04. The highest BCUT2D eigenvalue weighted by Gasteiger charge is 2.23. The van der Waals surface area contributed by atoms with Gasteiger partial charge in [-0.05, 0) is 24.1 Å². The van der Waals surface area contributed by atoms with Gasteiger partial charge < -0.3 is 20.2 Å². The molecule has 2 N–H and O–H groups in total. The molecule has 1 aromatic carbocycles. The van der Waals surface area contributed by atoms with Crippen molar-refractivity contribution in [3.63, 3.8) is 0 Å². The largest absolute Gasteiger partial charge is 0.478 e. The number of halogens is 1. The number of pyridine rings is 1. The van der Waals surface area contributed by atoms with Gasteiger partial charge >= 0.3 is 12.0 Å². The fourth-order valence-electron chi connectivity index (χ4n) is 2.99. The molecular formula is C19H21ClN4O3. The molecule has 8 heteroatoms. The van der Waals surface area contributed by atoms with Gasteiger partial charge in [0.2, 0.25) is 0 Å². The fraction of sp³-hybridized carbons (Fsp3) is 0.316. The number of carboxylic acids is 1. The third-order valence-corrected chi connectivity index (χ3v) is 4.90. The van der Waals surface area contributed by atoms with Crippen LogP contribution >= 0.6 is 11.6 Å². The zero-order chi connectivity index (χ0) is 19.4. The SMILES string of the molecule is Cc1ccccc1CNC(=O)N1CCN(c2ncc(C(=O)O)cc2Cl)CC1. The molecule has 1 aliphatic rings. The number of amides is 2. The van der Waals surface area contributed by atoms with Gasteiger partial charge in [0.15, 0.2) is 0 Å². The lowest BCUT2D eigenvalue weighted by Gasteiger charge is -2.35. The summed E-state index contributed by atoms with van der Waals surface area (Å²) < 4.78 is 0. The number of rotatable bonds is 4. The summed E-state index contributed by atoms with van der Waals surface area (Å²) in [5.41, 5.74) is 2.30. The van der Waals surface area contributed by atoms with Gasteiger partial charge in [-0.2, -0.15) is 0 Å². The van der Waals surface area contributed by atoms with Crippen molar-refractivity contribution in [3.8, 4) is 0 Å². The van der Waals surface area contributed by atoms with Gasteiger partial charge in [0.1, 0.15) is 5.82 Å². The van der Waals surface area contributed by atoms with Crippen LogP contribution in [0.25, 0.3) is 0 Å². The minimum Gasteiger partial charge on any atom is -0.478 e. The van der Waals surface area contributed by atoms with Crippen LogP contribution in [-0.2, 0) is 6.54 Å². The summed E-state index contributed by atoms with van der Waals surface area (Å²) in [5, 5.41) is 12.2. The Bertz CT molecular complexity index is 851. The lowest BCUT2D eigenvalue weighted by molar-refractivity contribution is 0.0696. The molecule has 0 aliphatic carbocycles. The first kappa shape index (κ1) is 19.0. The second-order valence-electron chi connectivity index (χ2n) is 6.39. The Balaban J connectivity index is 1.55. The van der Waals surface area contributed by atoms with Crippen LogP contribution in [0.3, 0.4) is 0 Å². The maximum atomic E-state index is 12.4. The number of carboxylic acid groups (broad SMARTS) is 1. The monoisotopic (exact) mass is 388 g/mol. The van der Waals surface area contributed by atoms with Gasteiger partial charge in [-0.15, -0.1) is 0 Å². The fourth-order valence-corrected chi connectivity index (χ4v) is 3.28. The molecule has 1 fully saturated rings. The maximum Gasteiger partial charge on any atom is 0.337 e. The van der Waals surface area contributed by atoms with Gasteiger partial charge in [0.25, 0.3) is 0 Å². The van der Waals surface area contributed by atoms with Crippen molar-refractivity contribution in [2.75, 3.05) is 31.1 Å². The van der Waals surface area contributed by atoms with E-state index >= 15 is 0 Å². The quantitative estimate of drug-likeness (QED) is 0.841. The van der Waals surface area contributed by atoms with Gasteiger partial charge in [0.05, 0.1) is 10.6 Å². The van der Waals surface area contributed by atoms with Crippen LogP contribution < -0.4 is 10.2 Å². The first-order chi connectivity index (χ1) is 13.0. The number of aromatic carboxylic acids is 1. The number of carbonyl (C=O) groups is 2. The Morgan fingerprint density at radius 3 is 2.56 bits per heavy atom. The standard InChI is InChI=1S/C19H21ClN4O3/c1-13-4-2-3-5-14(13)11-22-19(27)24-8-6-23(7-9-24)17-16(20)10-15(12-21-17)18(25)26/h2-5,10,12H,6-9,11H2,1H3,(H,22,27)(H,25,26). The Labute approximate surface area is 162 Å². The average molecular weight is 389 g/mol. The highest BCUT2D eigenvalue weighted by atomic mass is 35.5. The number of aryl methyl sites for hydroxylation is 1. The van der Waals surface area contributed by atoms with Gasteiger partial charge in [-0.3, -0.25) is 0 Å². The molecule has 0 radical (unpaired) electrons. The van der Waals surface area contributed by atoms with E-state index in [0.29, 0.717) is 43.6 Å². The van der Waals surface area contributed by atoms with Crippen LogP contribution in [0.15, 0.2) is 36.5 Å². The summed E-state index contributed by atoms with van der Waals surface area (Å²) in [5.74, 6) is -0.521. The summed E-state index contributed by atoms with van der Waals surface area (Å²) in [7, 11) is 0. The number of aromatic nitrogens is 1. The average Bonchev–Trinajstić information content (AvgIpc) is 2.67. The molecule has 0 bridgehead atoms. The highest BCUT2D eigenvalue weighted by molar-refractivity contribution is 6.33. The third-order valence-electron chi connectivity index (χ3n) is 4.63. The van der Waals surface area contributed by atoms with Crippen molar-refractivity contribution in [1.29, 1.82) is 0 Å². The second kappa shape index (κ2) is 8.26. The molecule has 0 saturated carbocycles. The van der Waals surface area contributed by atoms with Crippen molar-refractivity contribution in [1.82, 2.24) is 15.2 Å². The number of anilines is 1. The van der Waals surface area contributed by atoms with E-state index in [1.54, 1.807) is 4.90 Å². The number of piperazine rings is 1. The molecule has 2 amide bonds. The molecule has 2 heterocycles. The lowest BCUT2D eigenvalue weighted by Crippen LogP contribution is -2.52. The number of hydrogen-bond donors (Lipinski definition) is 2. The van der Waals surface area contributed by atoms with Gasteiger partial charge in [-0.1, -0.05) is 35.9 Å². The highest BCUT2D eigenvalue weighted by Crippen LogP contribution is 2.25. The Hall–Kier alpha value is -2.80. The summed E-state index contributed by atoms with van der Waals surface area (Å²) in [6.45, 7) is 4.76. The van der Waals surface area contributed by atoms with E-state index in [-0.39, 0.29) is 11.6 Å². The number of nitrogens with one attached hydrogen (secondary N) is 1. The maximum absolute atomic E-state index is 12.4. The van der Waals surface area contributed by atoms with Gasteiger partial charge in [-0.25, -0.2) is 14.6 Å². The lowest BCUT2D eigenvalue weighted by atomic mass is 10.1. The molecule has 7 nitrogen and oxygen atoms in total. The third kappa shape index (κ3) is 4.49. The molecule has 1 aromatic heterocycles. The number of benzene rings is 1. The Morgan fingerprint density at radius 1 is 1.22 bits per heavy atom. The number of nitrogens with zero attached hydrogens (tertiary/aromatic N) is 3. The van der Waals surface area contributed by atoms with Crippen molar-refractivity contribution in [2.24, 2.45) is 0 Å². The molecule has 2 aromatic rings. The number of carbonyl (C=O) groups excluding carboxylic acids is 1. The van der Waals surface area contributed by atoms with Crippen LogP contribution in [0.5, 0.6) is 0 Å². The van der Waals surface area contributed by atoms with Crippen LogP contribution in [0.1, 0.15) is 21.5 Å². The summed E-state index contributed by atoms with van der Waals surface area (Å²) in [4.78, 5) is 31.3. The molecule has 27 heavy (non-hydrogen) atoms. The molecular weight excluding hydrogens is 368 g/mol. The van der Waals surface area contributed by atoms with Gasteiger partial charge in [0, 0.05) is 38.9 Å². The normalized spacial score (nSPS) is 14.1. The van der Waals surface area contributed by atoms with E-state index in [2.05, 4.69) is 10.3 Å². The smallest absolute Gasteiger partial charge is 0.337 e. The van der Waals surface area contributed by atoms with Crippen LogP contribution in [-0.4, -0.2) is 53.2 Å². The second-order valence-corrected chi connectivity index (χ2v) is 6.80. The van der Waals surface area contributed by atoms with Crippen molar-refractivity contribution in [3.05, 3.63) is 58.2 Å². The predicted molar refractivity (Wildman–Crippen MR) is 103 cm³/mol. The van der Waals surface area contributed by atoms with E-state index in [9.17, 15) is 9.59 Å². The molecule has 1 aliphatic heterocycles. The summed E-state index contributed by atoms with van der Waals surface area (Å²) >= 11 is 6.18. The van der Waals surface area contributed by atoms with E-state index in [1.807, 2.05) is 36.1 Å². The van der Waals surface area contributed by atoms with Crippen molar-refractivity contribution >= 4 is 29.4 Å². The van der Waals surface area contributed by atoms with E-state index in [4.69, 9.17) is 16.7 Å². The minimum absolute atomic E-state index is 0.0537. The predicted octanol–water partition coefficient (Wildman–Crippen LogP) is 2.77. The summed E-state index contributed by atoms with van der Waals surface area (Å²) in [6, 6.07) is 9.25. The number of urea groups is 1. The topological polar surface area (TPSA) is 85.8 Å². The van der Waals surface area contributed by atoms with Crippen molar-refractivity contribution in [2.45, 2.75) is 13.5 Å². The molecule has 0 atom stereocenters. The van der Waals surface area contributed by atoms with Crippen LogP contribution in [0.2, 0.25) is 5.02 Å². The minimum atomic E-state index is -1.06. The van der Waals surface area contributed by atoms with Crippen molar-refractivity contribution < 1.29 is 14.7 Å². The molecule has 142 valence electrons.